The Morgan fingerprint density at radius 2 is 1.81 bits per heavy atom. The van der Waals surface area contributed by atoms with Gasteiger partial charge in [-0.2, -0.15) is 0 Å². The number of carbonyl (C=O) groups is 3. The van der Waals surface area contributed by atoms with Gasteiger partial charge in [-0.05, 0) is 47.7 Å². The molecule has 2 N–H and O–H groups in total. The number of amides is 4. The number of urea groups is 1. The molecule has 0 aliphatic carbocycles. The van der Waals surface area contributed by atoms with Crippen LogP contribution in [0.25, 0.3) is 6.08 Å². The number of hydrogen-bond acceptors (Lipinski definition) is 6. The van der Waals surface area contributed by atoms with Crippen molar-refractivity contribution in [3.8, 4) is 11.5 Å². The van der Waals surface area contributed by atoms with Crippen LogP contribution < -0.4 is 20.1 Å². The zero-order valence-corrected chi connectivity index (χ0v) is 19.2. The van der Waals surface area contributed by atoms with E-state index in [2.05, 4.69) is 15.4 Å². The first kappa shape index (κ1) is 25.4. The largest absolute Gasteiger partial charge is 0.573 e. The zero-order chi connectivity index (χ0) is 25.9. The molecule has 36 heavy (non-hydrogen) atoms. The van der Waals surface area contributed by atoms with Crippen molar-refractivity contribution < 1.29 is 41.4 Å². The lowest BCUT2D eigenvalue weighted by molar-refractivity contribution is -0.275. The summed E-state index contributed by atoms with van der Waals surface area (Å²) in [6, 6.07) is 9.15. The Kier molecular flexibility index (Phi) is 7.38. The molecule has 2 aromatic carbocycles. The predicted molar refractivity (Wildman–Crippen MR) is 123 cm³/mol. The molecule has 0 radical (unpaired) electrons. The van der Waals surface area contributed by atoms with Crippen LogP contribution in [0.1, 0.15) is 18.4 Å². The number of ether oxygens (including phenoxy) is 2. The van der Waals surface area contributed by atoms with E-state index in [0.29, 0.717) is 36.6 Å². The van der Waals surface area contributed by atoms with Crippen molar-refractivity contribution in [2.75, 3.05) is 18.4 Å². The van der Waals surface area contributed by atoms with Crippen LogP contribution in [0.4, 0.5) is 32.8 Å². The minimum absolute atomic E-state index is 0.00157. The molecular weight excluding hydrogens is 506 g/mol. The van der Waals surface area contributed by atoms with Crippen molar-refractivity contribution in [2.24, 2.45) is 0 Å². The number of benzene rings is 2. The van der Waals surface area contributed by atoms with Gasteiger partial charge in [0.15, 0.2) is 11.6 Å². The Bertz CT molecular complexity index is 1200. The topological polar surface area (TPSA) is 97.0 Å². The Hall–Kier alpha value is -3.74. The van der Waals surface area contributed by atoms with E-state index in [-0.39, 0.29) is 11.8 Å². The summed E-state index contributed by atoms with van der Waals surface area (Å²) in [4.78, 5) is 37.1. The van der Waals surface area contributed by atoms with E-state index in [9.17, 15) is 31.9 Å². The fraction of sp³-hybridized carbons (Fsp3) is 0.261. The molecule has 2 heterocycles. The number of alkyl halides is 3. The van der Waals surface area contributed by atoms with Gasteiger partial charge in [0.25, 0.3) is 11.1 Å². The highest BCUT2D eigenvalue weighted by atomic mass is 32.2. The number of nitrogens with zero attached hydrogens (tertiary/aromatic N) is 1. The summed E-state index contributed by atoms with van der Waals surface area (Å²) in [6.07, 6.45) is -2.50. The van der Waals surface area contributed by atoms with Gasteiger partial charge in [0, 0.05) is 37.7 Å². The molecule has 2 fully saturated rings. The molecule has 0 atom stereocenters. The predicted octanol–water partition coefficient (Wildman–Crippen LogP) is 5.12. The van der Waals surface area contributed by atoms with E-state index in [1.165, 1.54) is 4.90 Å². The van der Waals surface area contributed by atoms with Crippen LogP contribution in [0.5, 0.6) is 11.5 Å². The molecule has 2 aliphatic rings. The molecule has 4 rings (SSSR count). The summed E-state index contributed by atoms with van der Waals surface area (Å²) >= 11 is 0.835. The second-order valence-electron chi connectivity index (χ2n) is 7.85. The maximum absolute atomic E-state index is 13.8. The molecular formula is C23H19F4N3O5S. The summed E-state index contributed by atoms with van der Waals surface area (Å²) in [5, 5.41) is 4.24. The van der Waals surface area contributed by atoms with E-state index in [4.69, 9.17) is 4.74 Å². The highest BCUT2D eigenvalue weighted by Gasteiger charge is 2.32. The van der Waals surface area contributed by atoms with Crippen LogP contribution in [0, 0.1) is 5.82 Å². The third-order valence-electron chi connectivity index (χ3n) is 5.26. The summed E-state index contributed by atoms with van der Waals surface area (Å²) < 4.78 is 60.2. The van der Waals surface area contributed by atoms with Gasteiger partial charge >= 0.3 is 12.4 Å². The lowest BCUT2D eigenvalue weighted by Gasteiger charge is -2.32. The van der Waals surface area contributed by atoms with Crippen LogP contribution in [-0.4, -0.2) is 47.6 Å². The highest BCUT2D eigenvalue weighted by Crippen LogP contribution is 2.29. The number of carbonyl (C=O) groups excluding carboxylic acids is 3. The summed E-state index contributed by atoms with van der Waals surface area (Å²) in [6.45, 7) is 0.720. The van der Waals surface area contributed by atoms with Crippen molar-refractivity contribution in [3.05, 3.63) is 58.8 Å². The average molecular weight is 525 g/mol. The molecule has 0 unspecified atom stereocenters. The Morgan fingerprint density at radius 3 is 2.39 bits per heavy atom. The number of nitrogens with one attached hydrogen (secondary N) is 2. The van der Waals surface area contributed by atoms with Crippen molar-refractivity contribution >= 4 is 40.7 Å². The van der Waals surface area contributed by atoms with Crippen molar-refractivity contribution in [3.63, 3.8) is 0 Å². The van der Waals surface area contributed by atoms with Gasteiger partial charge in [-0.25, -0.2) is 9.18 Å². The normalized spacial score (nSPS) is 17.8. The number of hydrogen-bond donors (Lipinski definition) is 2. The minimum Gasteiger partial charge on any atom is -0.490 e. The average Bonchev–Trinajstić information content (AvgIpc) is 3.13. The Labute approximate surface area is 206 Å². The molecule has 8 nitrogen and oxygen atoms in total. The molecule has 2 saturated heterocycles. The Morgan fingerprint density at radius 1 is 1.11 bits per heavy atom. The van der Waals surface area contributed by atoms with E-state index in [0.717, 1.165) is 35.5 Å². The standard InChI is InChI=1S/C23H19F4N3O5S/c24-17-12-14(3-6-18(17)35-23(25,26)27)28-21(32)30-9-7-16(8-10-30)34-15-4-1-13(2-5-15)11-19-20(31)29-22(33)36-19/h1-6,11-12,16H,7-10H2,(H,28,32)(H,29,31,33)/b19-11-. The third-order valence-corrected chi connectivity index (χ3v) is 6.07. The second kappa shape index (κ2) is 10.5. The molecule has 0 aromatic heterocycles. The molecule has 0 saturated carbocycles. The summed E-state index contributed by atoms with van der Waals surface area (Å²) in [7, 11) is 0. The summed E-state index contributed by atoms with van der Waals surface area (Å²) in [5.74, 6) is -2.06. The zero-order valence-electron chi connectivity index (χ0n) is 18.4. The number of piperidine rings is 1. The number of imide groups is 1. The third kappa shape index (κ3) is 6.68. The van der Waals surface area contributed by atoms with Crippen molar-refractivity contribution in [1.29, 1.82) is 0 Å². The van der Waals surface area contributed by atoms with Crippen LogP contribution >= 0.6 is 11.8 Å². The first-order valence-corrected chi connectivity index (χ1v) is 11.5. The number of likely N-dealkylation sites (tertiary alicyclic amines) is 1. The number of rotatable bonds is 5. The van der Waals surface area contributed by atoms with E-state index >= 15 is 0 Å². The van der Waals surface area contributed by atoms with E-state index in [1.54, 1.807) is 30.3 Å². The fourth-order valence-corrected chi connectivity index (χ4v) is 4.26. The first-order valence-electron chi connectivity index (χ1n) is 10.7. The quantitative estimate of drug-likeness (QED) is 0.415. The monoisotopic (exact) mass is 525 g/mol. The lowest BCUT2D eigenvalue weighted by Crippen LogP contribution is -2.43. The lowest BCUT2D eigenvalue weighted by atomic mass is 10.1. The van der Waals surface area contributed by atoms with Gasteiger partial charge in [-0.3, -0.25) is 14.9 Å². The minimum atomic E-state index is -5.02. The van der Waals surface area contributed by atoms with Gasteiger partial charge in [-0.1, -0.05) is 12.1 Å². The van der Waals surface area contributed by atoms with E-state index < -0.39 is 35.1 Å². The highest BCUT2D eigenvalue weighted by molar-refractivity contribution is 8.18. The smallest absolute Gasteiger partial charge is 0.490 e. The number of halogens is 4. The molecule has 2 aromatic rings. The van der Waals surface area contributed by atoms with Gasteiger partial charge in [0.05, 0.1) is 4.91 Å². The molecule has 0 spiro atoms. The van der Waals surface area contributed by atoms with Crippen molar-refractivity contribution in [1.82, 2.24) is 10.2 Å². The van der Waals surface area contributed by atoms with Crippen molar-refractivity contribution in [2.45, 2.75) is 25.3 Å². The summed E-state index contributed by atoms with van der Waals surface area (Å²) in [5.41, 5.74) is 0.730. The SMILES string of the molecule is O=C1NC(=O)/C(=C/c2ccc(OC3CCN(C(=O)Nc4ccc(OC(F)(F)F)c(F)c4)CC3)cc2)S1. The number of anilines is 1. The van der Waals surface area contributed by atoms with Gasteiger partial charge < -0.3 is 19.7 Å². The maximum atomic E-state index is 13.8. The van der Waals surface area contributed by atoms with Gasteiger partial charge in [0.1, 0.15) is 11.9 Å². The Balaban J connectivity index is 1.25. The van der Waals surface area contributed by atoms with E-state index in [1.807, 2.05) is 0 Å². The maximum Gasteiger partial charge on any atom is 0.573 e. The van der Waals surface area contributed by atoms with Crippen LogP contribution in [0.15, 0.2) is 47.4 Å². The molecule has 2 aliphatic heterocycles. The first-order chi connectivity index (χ1) is 17.1. The van der Waals surface area contributed by atoms with Crippen LogP contribution in [0.3, 0.4) is 0 Å². The van der Waals surface area contributed by atoms with Gasteiger partial charge in [0.2, 0.25) is 0 Å². The van der Waals surface area contributed by atoms with Gasteiger partial charge in [-0.15, -0.1) is 13.2 Å². The molecule has 4 amide bonds. The fourth-order valence-electron chi connectivity index (χ4n) is 3.57. The van der Waals surface area contributed by atoms with Crippen LogP contribution in [0.2, 0.25) is 0 Å². The molecule has 0 bridgehead atoms. The molecule has 13 heteroatoms. The number of thioether (sulfide) groups is 1. The van der Waals surface area contributed by atoms with Crippen LogP contribution in [-0.2, 0) is 4.79 Å². The second-order valence-corrected chi connectivity index (χ2v) is 8.86. The molecule has 190 valence electrons.